The number of benzene rings is 1. The molecule has 0 bridgehead atoms. The summed E-state index contributed by atoms with van der Waals surface area (Å²) in [5.74, 6) is 2.71. The highest BCUT2D eigenvalue weighted by molar-refractivity contribution is 5.96. The molecule has 3 aromatic rings. The molecule has 1 aliphatic carbocycles. The fourth-order valence-corrected chi connectivity index (χ4v) is 4.26. The van der Waals surface area contributed by atoms with Crippen LogP contribution >= 0.6 is 0 Å². The summed E-state index contributed by atoms with van der Waals surface area (Å²) in [6, 6.07) is 7.88. The summed E-state index contributed by atoms with van der Waals surface area (Å²) in [5, 5.41) is 0.992. The van der Waals surface area contributed by atoms with E-state index in [1.165, 1.54) is 12.8 Å². The Kier molecular flexibility index (Phi) is 4.03. The van der Waals surface area contributed by atoms with Gasteiger partial charge in [-0.1, -0.05) is 18.2 Å². The number of rotatable bonds is 4. The molecule has 1 aliphatic heterocycles. The van der Waals surface area contributed by atoms with Crippen LogP contribution in [0.15, 0.2) is 41.1 Å². The standard InChI is InChI=1S/C22H25N3O2/c1-15-4-2-5-17-12-19(27-20(15)17)22(26)25-10-3-6-18(14-25)21-23-9-11-24(21)13-16-7-8-16/h2,4-5,9,11-12,16,18H,3,6-8,10,13-14H2,1H3. The van der Waals surface area contributed by atoms with Gasteiger partial charge in [0.15, 0.2) is 5.76 Å². The summed E-state index contributed by atoms with van der Waals surface area (Å²) < 4.78 is 8.22. The van der Waals surface area contributed by atoms with Gasteiger partial charge in [0.25, 0.3) is 5.91 Å². The number of furan rings is 1. The van der Waals surface area contributed by atoms with E-state index in [4.69, 9.17) is 4.42 Å². The minimum atomic E-state index is -0.00407. The van der Waals surface area contributed by atoms with Gasteiger partial charge in [0.05, 0.1) is 0 Å². The quantitative estimate of drug-likeness (QED) is 0.692. The smallest absolute Gasteiger partial charge is 0.289 e. The molecule has 140 valence electrons. The second kappa shape index (κ2) is 6.55. The molecule has 2 aromatic heterocycles. The lowest BCUT2D eigenvalue weighted by Crippen LogP contribution is -2.39. The van der Waals surface area contributed by atoms with Crippen LogP contribution in [0.3, 0.4) is 0 Å². The van der Waals surface area contributed by atoms with Gasteiger partial charge in [0, 0.05) is 43.3 Å². The predicted octanol–water partition coefficient (Wildman–Crippen LogP) is 4.37. The van der Waals surface area contributed by atoms with Crippen molar-refractivity contribution in [2.24, 2.45) is 5.92 Å². The third kappa shape index (κ3) is 3.15. The molecule has 0 N–H and O–H groups in total. The number of carbonyl (C=O) groups excluding carboxylic acids is 1. The van der Waals surface area contributed by atoms with Crippen molar-refractivity contribution >= 4 is 16.9 Å². The maximum Gasteiger partial charge on any atom is 0.289 e. The number of amides is 1. The number of carbonyl (C=O) groups is 1. The highest BCUT2D eigenvalue weighted by Crippen LogP contribution is 2.33. The highest BCUT2D eigenvalue weighted by Gasteiger charge is 2.31. The summed E-state index contributed by atoms with van der Waals surface area (Å²) in [4.78, 5) is 19.7. The van der Waals surface area contributed by atoms with Crippen molar-refractivity contribution < 1.29 is 9.21 Å². The molecule has 1 aromatic carbocycles. The predicted molar refractivity (Wildman–Crippen MR) is 104 cm³/mol. The molecular formula is C22H25N3O2. The van der Waals surface area contributed by atoms with Crippen LogP contribution in [0, 0.1) is 12.8 Å². The molecule has 1 saturated carbocycles. The Labute approximate surface area is 159 Å². The van der Waals surface area contributed by atoms with Crippen LogP contribution in [0.25, 0.3) is 11.0 Å². The molecule has 5 heteroatoms. The fourth-order valence-electron chi connectivity index (χ4n) is 4.26. The van der Waals surface area contributed by atoms with Crippen LogP contribution in [-0.4, -0.2) is 33.4 Å². The van der Waals surface area contributed by atoms with Crippen molar-refractivity contribution in [1.29, 1.82) is 0 Å². The molecule has 1 unspecified atom stereocenters. The summed E-state index contributed by atoms with van der Waals surface area (Å²) in [6.07, 6.45) is 8.75. The van der Waals surface area contributed by atoms with E-state index in [9.17, 15) is 4.79 Å². The molecule has 27 heavy (non-hydrogen) atoms. The Bertz CT molecular complexity index is 983. The maximum absolute atomic E-state index is 13.1. The number of aryl methyl sites for hydroxylation is 1. The highest BCUT2D eigenvalue weighted by atomic mass is 16.3. The Morgan fingerprint density at radius 3 is 3.00 bits per heavy atom. The first-order chi connectivity index (χ1) is 13.2. The van der Waals surface area contributed by atoms with Gasteiger partial charge < -0.3 is 13.9 Å². The van der Waals surface area contributed by atoms with Crippen molar-refractivity contribution in [3.8, 4) is 0 Å². The van der Waals surface area contributed by atoms with Crippen molar-refractivity contribution in [2.75, 3.05) is 13.1 Å². The molecule has 0 radical (unpaired) electrons. The molecule has 1 saturated heterocycles. The minimum absolute atomic E-state index is 0.00407. The zero-order chi connectivity index (χ0) is 18.4. The van der Waals surface area contributed by atoms with Crippen LogP contribution in [0.1, 0.15) is 53.5 Å². The van der Waals surface area contributed by atoms with E-state index in [1.54, 1.807) is 0 Å². The van der Waals surface area contributed by atoms with E-state index in [2.05, 4.69) is 15.7 Å². The number of aromatic nitrogens is 2. The Morgan fingerprint density at radius 1 is 1.30 bits per heavy atom. The fraction of sp³-hybridized carbons (Fsp3) is 0.455. The second-order valence-electron chi connectivity index (χ2n) is 8.08. The van der Waals surface area contributed by atoms with Crippen molar-refractivity contribution in [3.63, 3.8) is 0 Å². The summed E-state index contributed by atoms with van der Waals surface area (Å²) in [5.41, 5.74) is 1.87. The zero-order valence-electron chi connectivity index (χ0n) is 15.7. The van der Waals surface area contributed by atoms with Crippen molar-refractivity contribution in [3.05, 3.63) is 53.8 Å². The molecule has 0 spiro atoms. The number of hydrogen-bond donors (Lipinski definition) is 0. The van der Waals surface area contributed by atoms with Crippen LogP contribution in [-0.2, 0) is 6.54 Å². The van der Waals surface area contributed by atoms with Gasteiger partial charge in [-0.25, -0.2) is 4.98 Å². The van der Waals surface area contributed by atoms with Gasteiger partial charge in [0.2, 0.25) is 0 Å². The molecule has 3 heterocycles. The zero-order valence-corrected chi connectivity index (χ0v) is 15.7. The second-order valence-corrected chi connectivity index (χ2v) is 8.08. The average molecular weight is 363 g/mol. The number of nitrogens with zero attached hydrogens (tertiary/aromatic N) is 3. The largest absolute Gasteiger partial charge is 0.451 e. The normalized spacial score (nSPS) is 20.3. The molecule has 2 fully saturated rings. The first-order valence-corrected chi connectivity index (χ1v) is 9.98. The van der Waals surface area contributed by atoms with Gasteiger partial charge in [-0.15, -0.1) is 0 Å². The number of para-hydroxylation sites is 1. The number of piperidine rings is 1. The average Bonchev–Trinajstić information content (AvgIpc) is 3.19. The van der Waals surface area contributed by atoms with Crippen molar-refractivity contribution in [1.82, 2.24) is 14.5 Å². The van der Waals surface area contributed by atoms with Crippen LogP contribution in [0.5, 0.6) is 0 Å². The molecule has 5 nitrogen and oxygen atoms in total. The third-order valence-electron chi connectivity index (χ3n) is 5.93. The summed E-state index contributed by atoms with van der Waals surface area (Å²) >= 11 is 0. The lowest BCUT2D eigenvalue weighted by molar-refractivity contribution is 0.0673. The maximum atomic E-state index is 13.1. The first-order valence-electron chi connectivity index (χ1n) is 9.98. The van der Waals surface area contributed by atoms with E-state index in [0.717, 1.165) is 60.8 Å². The van der Waals surface area contributed by atoms with Crippen molar-refractivity contribution in [2.45, 2.75) is 45.1 Å². The van der Waals surface area contributed by atoms with E-state index < -0.39 is 0 Å². The molecular weight excluding hydrogens is 338 g/mol. The Hall–Kier alpha value is -2.56. The third-order valence-corrected chi connectivity index (χ3v) is 5.93. The number of imidazole rings is 1. The summed E-state index contributed by atoms with van der Waals surface area (Å²) in [6.45, 7) is 4.59. The Morgan fingerprint density at radius 2 is 2.19 bits per heavy atom. The minimum Gasteiger partial charge on any atom is -0.451 e. The van der Waals surface area contributed by atoms with Gasteiger partial charge in [-0.3, -0.25) is 4.79 Å². The SMILES string of the molecule is Cc1cccc2cc(C(=O)N3CCCC(c4nccn4CC4CC4)C3)oc12. The topological polar surface area (TPSA) is 51.3 Å². The Balaban J connectivity index is 1.36. The van der Waals surface area contributed by atoms with E-state index >= 15 is 0 Å². The van der Waals surface area contributed by atoms with Gasteiger partial charge in [-0.05, 0) is 50.2 Å². The number of likely N-dealkylation sites (tertiary alicyclic amines) is 1. The van der Waals surface area contributed by atoms with E-state index in [-0.39, 0.29) is 5.91 Å². The molecule has 5 rings (SSSR count). The number of fused-ring (bicyclic) bond motifs is 1. The molecule has 1 atom stereocenters. The first kappa shape index (κ1) is 16.6. The lowest BCUT2D eigenvalue weighted by atomic mass is 9.96. The molecule has 2 aliphatic rings. The van der Waals surface area contributed by atoms with Crippen LogP contribution < -0.4 is 0 Å². The van der Waals surface area contributed by atoms with Crippen LogP contribution in [0.2, 0.25) is 0 Å². The van der Waals surface area contributed by atoms with Gasteiger partial charge in [-0.2, -0.15) is 0 Å². The number of hydrogen-bond acceptors (Lipinski definition) is 3. The molecule has 1 amide bonds. The lowest BCUT2D eigenvalue weighted by Gasteiger charge is -2.32. The van der Waals surface area contributed by atoms with E-state index in [0.29, 0.717) is 11.7 Å². The van der Waals surface area contributed by atoms with E-state index in [1.807, 2.05) is 42.3 Å². The van der Waals surface area contributed by atoms with Crippen LogP contribution in [0.4, 0.5) is 0 Å². The summed E-state index contributed by atoms with van der Waals surface area (Å²) in [7, 11) is 0. The monoisotopic (exact) mass is 363 g/mol. The van der Waals surface area contributed by atoms with Gasteiger partial charge >= 0.3 is 0 Å². The van der Waals surface area contributed by atoms with Gasteiger partial charge in [0.1, 0.15) is 11.4 Å².